The Morgan fingerprint density at radius 1 is 1.20 bits per heavy atom. The van der Waals surface area contributed by atoms with E-state index in [-0.39, 0.29) is 0 Å². The standard InChI is InChI=1S/C17H18N6.C2H6/c18-16-12(5-6-21-17(16)19)7-20-8-14-10-23-9-13(11-1-2-11)3-4-15(23)22-14;1-2/h3-7,9-11H,1-2,8,18H2,(H2,19,21);1-2H3. The van der Waals surface area contributed by atoms with Gasteiger partial charge in [0.25, 0.3) is 0 Å². The molecule has 0 radical (unpaired) electrons. The van der Waals surface area contributed by atoms with Gasteiger partial charge in [-0.2, -0.15) is 0 Å². The normalized spacial score (nSPS) is 13.8. The number of anilines is 2. The molecular formula is C19H24N6. The summed E-state index contributed by atoms with van der Waals surface area (Å²) in [4.78, 5) is 12.9. The number of pyridine rings is 2. The van der Waals surface area contributed by atoms with Gasteiger partial charge in [-0.1, -0.05) is 19.9 Å². The van der Waals surface area contributed by atoms with Crippen LogP contribution in [0, 0.1) is 0 Å². The summed E-state index contributed by atoms with van der Waals surface area (Å²) in [6.07, 6.45) is 10.1. The van der Waals surface area contributed by atoms with Crippen LogP contribution in [0.15, 0.2) is 41.8 Å². The summed E-state index contributed by atoms with van der Waals surface area (Å²) in [6, 6.07) is 6.04. The van der Waals surface area contributed by atoms with Gasteiger partial charge in [0, 0.05) is 30.4 Å². The van der Waals surface area contributed by atoms with Crippen LogP contribution in [0.25, 0.3) is 5.65 Å². The van der Waals surface area contributed by atoms with Crippen molar-refractivity contribution in [3.8, 4) is 0 Å². The van der Waals surface area contributed by atoms with Crippen molar-refractivity contribution in [2.24, 2.45) is 4.99 Å². The Morgan fingerprint density at radius 3 is 2.76 bits per heavy atom. The molecule has 1 saturated carbocycles. The van der Waals surface area contributed by atoms with Crippen molar-refractivity contribution in [1.29, 1.82) is 0 Å². The van der Waals surface area contributed by atoms with Gasteiger partial charge in [-0.05, 0) is 36.5 Å². The topological polar surface area (TPSA) is 94.6 Å². The van der Waals surface area contributed by atoms with Gasteiger partial charge in [0.1, 0.15) is 11.5 Å². The van der Waals surface area contributed by atoms with E-state index in [1.807, 2.05) is 20.0 Å². The maximum absolute atomic E-state index is 5.88. The molecule has 25 heavy (non-hydrogen) atoms. The summed E-state index contributed by atoms with van der Waals surface area (Å²) in [5.41, 5.74) is 16.1. The van der Waals surface area contributed by atoms with Crippen molar-refractivity contribution in [2.45, 2.75) is 39.2 Å². The molecule has 0 aromatic carbocycles. The van der Waals surface area contributed by atoms with Crippen molar-refractivity contribution < 1.29 is 0 Å². The van der Waals surface area contributed by atoms with Crippen molar-refractivity contribution in [1.82, 2.24) is 14.4 Å². The number of hydrogen-bond donors (Lipinski definition) is 2. The molecule has 4 N–H and O–H groups in total. The van der Waals surface area contributed by atoms with Gasteiger partial charge in [-0.3, -0.25) is 4.99 Å². The van der Waals surface area contributed by atoms with Crippen LogP contribution in [0.5, 0.6) is 0 Å². The number of nitrogen functional groups attached to an aromatic ring is 2. The fourth-order valence-corrected chi connectivity index (χ4v) is 2.65. The number of imidazole rings is 1. The Labute approximate surface area is 147 Å². The van der Waals surface area contributed by atoms with Crippen LogP contribution in [0.1, 0.15) is 49.4 Å². The van der Waals surface area contributed by atoms with E-state index in [1.54, 1.807) is 18.5 Å². The van der Waals surface area contributed by atoms with Crippen LogP contribution in [-0.4, -0.2) is 20.6 Å². The third kappa shape index (κ3) is 3.79. The number of aliphatic imine (C=N–C) groups is 1. The molecule has 3 aromatic heterocycles. The molecule has 0 bridgehead atoms. The summed E-state index contributed by atoms with van der Waals surface area (Å²) >= 11 is 0. The van der Waals surface area contributed by atoms with E-state index in [1.165, 1.54) is 18.4 Å². The summed E-state index contributed by atoms with van der Waals surface area (Å²) in [5.74, 6) is 1.07. The molecule has 1 aliphatic carbocycles. The van der Waals surface area contributed by atoms with Gasteiger partial charge in [0.15, 0.2) is 0 Å². The van der Waals surface area contributed by atoms with E-state index in [2.05, 4.69) is 37.7 Å². The molecule has 0 spiro atoms. The molecule has 0 unspecified atom stereocenters. The fraction of sp³-hybridized carbons (Fsp3) is 0.316. The van der Waals surface area contributed by atoms with Gasteiger partial charge in [-0.25, -0.2) is 9.97 Å². The minimum atomic E-state index is 0.328. The van der Waals surface area contributed by atoms with Crippen molar-refractivity contribution in [3.63, 3.8) is 0 Å². The third-order valence-electron chi connectivity index (χ3n) is 4.11. The van der Waals surface area contributed by atoms with E-state index in [0.29, 0.717) is 18.1 Å². The fourth-order valence-electron chi connectivity index (χ4n) is 2.65. The van der Waals surface area contributed by atoms with E-state index in [9.17, 15) is 0 Å². The Bertz CT molecular complexity index is 892. The zero-order valence-electron chi connectivity index (χ0n) is 14.7. The number of aromatic nitrogens is 3. The van der Waals surface area contributed by atoms with E-state index in [0.717, 1.165) is 22.8 Å². The molecular weight excluding hydrogens is 312 g/mol. The minimum Gasteiger partial charge on any atom is -0.395 e. The highest BCUT2D eigenvalue weighted by molar-refractivity contribution is 5.89. The maximum atomic E-state index is 5.88. The van der Waals surface area contributed by atoms with E-state index < -0.39 is 0 Å². The van der Waals surface area contributed by atoms with Gasteiger partial charge in [0.2, 0.25) is 0 Å². The Kier molecular flexibility index (Phi) is 4.97. The van der Waals surface area contributed by atoms with Crippen LogP contribution >= 0.6 is 0 Å². The molecule has 3 heterocycles. The maximum Gasteiger partial charge on any atom is 0.147 e. The lowest BCUT2D eigenvalue weighted by atomic mass is 10.2. The van der Waals surface area contributed by atoms with Crippen LogP contribution in [0.4, 0.5) is 11.5 Å². The molecule has 6 heteroatoms. The molecule has 0 aliphatic heterocycles. The quantitative estimate of drug-likeness (QED) is 0.714. The zero-order chi connectivity index (χ0) is 17.8. The second-order valence-electron chi connectivity index (χ2n) is 5.90. The second kappa shape index (κ2) is 7.34. The largest absolute Gasteiger partial charge is 0.395 e. The average Bonchev–Trinajstić information content (AvgIpc) is 3.40. The first-order valence-electron chi connectivity index (χ1n) is 8.68. The summed E-state index contributed by atoms with van der Waals surface area (Å²) in [7, 11) is 0. The van der Waals surface area contributed by atoms with Crippen LogP contribution in [0.2, 0.25) is 0 Å². The van der Waals surface area contributed by atoms with E-state index in [4.69, 9.17) is 11.5 Å². The van der Waals surface area contributed by atoms with Gasteiger partial charge in [0.05, 0.1) is 17.9 Å². The molecule has 4 rings (SSSR count). The Balaban J connectivity index is 0.000000880. The smallest absolute Gasteiger partial charge is 0.147 e. The Morgan fingerprint density at radius 2 is 2.00 bits per heavy atom. The molecule has 6 nitrogen and oxygen atoms in total. The van der Waals surface area contributed by atoms with Crippen LogP contribution in [-0.2, 0) is 6.54 Å². The first kappa shape index (κ1) is 17.0. The number of nitrogens with zero attached hydrogens (tertiary/aromatic N) is 4. The lowest BCUT2D eigenvalue weighted by Crippen LogP contribution is -2.01. The molecule has 1 fully saturated rings. The summed E-state index contributed by atoms with van der Waals surface area (Å²) in [5, 5.41) is 0. The van der Waals surface area contributed by atoms with Crippen molar-refractivity contribution in [2.75, 3.05) is 11.5 Å². The van der Waals surface area contributed by atoms with Crippen molar-refractivity contribution in [3.05, 3.63) is 53.6 Å². The third-order valence-corrected chi connectivity index (χ3v) is 4.11. The lowest BCUT2D eigenvalue weighted by Gasteiger charge is -2.01. The highest BCUT2D eigenvalue weighted by Gasteiger charge is 2.23. The second-order valence-corrected chi connectivity index (χ2v) is 5.90. The minimum absolute atomic E-state index is 0.328. The molecule has 1 aliphatic rings. The predicted octanol–water partition coefficient (Wildman–Crippen LogP) is 3.42. The first-order valence-corrected chi connectivity index (χ1v) is 8.68. The molecule has 3 aromatic rings. The van der Waals surface area contributed by atoms with Gasteiger partial charge in [-0.15, -0.1) is 0 Å². The number of hydrogen-bond acceptors (Lipinski definition) is 5. The van der Waals surface area contributed by atoms with Gasteiger partial charge < -0.3 is 15.9 Å². The molecule has 0 atom stereocenters. The van der Waals surface area contributed by atoms with Gasteiger partial charge >= 0.3 is 0 Å². The number of fused-ring (bicyclic) bond motifs is 1. The first-order chi connectivity index (χ1) is 12.2. The average molecular weight is 336 g/mol. The SMILES string of the molecule is CC.Nc1nccc(C=NCc2cn3cc(C4CC4)ccc3n2)c1N. The zero-order valence-corrected chi connectivity index (χ0v) is 14.7. The monoisotopic (exact) mass is 336 g/mol. The number of nitrogens with two attached hydrogens (primary N) is 2. The summed E-state index contributed by atoms with van der Waals surface area (Å²) < 4.78 is 2.08. The Hall–Kier alpha value is -2.89. The molecule has 130 valence electrons. The lowest BCUT2D eigenvalue weighted by molar-refractivity contribution is 1.02. The molecule has 0 saturated heterocycles. The van der Waals surface area contributed by atoms with E-state index >= 15 is 0 Å². The van der Waals surface area contributed by atoms with Crippen LogP contribution in [0.3, 0.4) is 0 Å². The van der Waals surface area contributed by atoms with Crippen LogP contribution < -0.4 is 11.5 Å². The predicted molar refractivity (Wildman–Crippen MR) is 103 cm³/mol. The summed E-state index contributed by atoms with van der Waals surface area (Å²) in [6.45, 7) is 4.50. The highest BCUT2D eigenvalue weighted by atomic mass is 15.0. The molecule has 0 amide bonds. The van der Waals surface area contributed by atoms with Crippen molar-refractivity contribution >= 4 is 23.4 Å². The number of rotatable bonds is 4. The highest BCUT2D eigenvalue weighted by Crippen LogP contribution is 2.39.